The summed E-state index contributed by atoms with van der Waals surface area (Å²) >= 11 is 7.57. The van der Waals surface area contributed by atoms with Crippen molar-refractivity contribution in [3.8, 4) is 41.8 Å². The third-order valence-electron chi connectivity index (χ3n) is 7.92. The molecule has 194 valence electrons. The normalized spacial score (nSPS) is 12.0. The van der Waals surface area contributed by atoms with Crippen LogP contribution in [0.25, 0.3) is 74.1 Å². The molecule has 0 unspecified atom stereocenters. The molecule has 0 saturated carbocycles. The van der Waals surface area contributed by atoms with Crippen LogP contribution in [0, 0.1) is 27.7 Å². The maximum atomic E-state index is 2.45. The Morgan fingerprint density at radius 2 is 0.575 bits per heavy atom. The average molecular weight is 587 g/mol. The molecule has 0 radical (unpaired) electrons. The highest BCUT2D eigenvalue weighted by Crippen LogP contribution is 2.50. The number of rotatable bonds is 4. The molecular formula is C36H26S4. The van der Waals surface area contributed by atoms with Gasteiger partial charge in [0, 0.05) is 61.3 Å². The fourth-order valence-electron chi connectivity index (χ4n) is 6.13. The van der Waals surface area contributed by atoms with Crippen molar-refractivity contribution < 1.29 is 0 Å². The lowest BCUT2D eigenvalue weighted by Crippen LogP contribution is -1.92. The maximum absolute atomic E-state index is 2.45. The van der Waals surface area contributed by atoms with Crippen molar-refractivity contribution in [1.82, 2.24) is 0 Å². The maximum Gasteiger partial charge on any atom is 0.0352 e. The molecule has 0 saturated heterocycles. The van der Waals surface area contributed by atoms with Crippen molar-refractivity contribution in [2.75, 3.05) is 0 Å². The zero-order valence-electron chi connectivity index (χ0n) is 22.7. The minimum atomic E-state index is 1.34. The van der Waals surface area contributed by atoms with Gasteiger partial charge in [0.25, 0.3) is 0 Å². The number of hydrogen-bond acceptors (Lipinski definition) is 4. The third kappa shape index (κ3) is 3.74. The number of aryl methyl sites for hydroxylation is 4. The van der Waals surface area contributed by atoms with Gasteiger partial charge in [-0.3, -0.25) is 0 Å². The molecule has 4 heterocycles. The monoisotopic (exact) mass is 586 g/mol. The van der Waals surface area contributed by atoms with Gasteiger partial charge < -0.3 is 0 Å². The van der Waals surface area contributed by atoms with Crippen LogP contribution in [0.2, 0.25) is 0 Å². The molecule has 0 bridgehead atoms. The van der Waals surface area contributed by atoms with Crippen LogP contribution in [0.5, 0.6) is 0 Å². The van der Waals surface area contributed by atoms with Crippen LogP contribution in [0.15, 0.2) is 84.9 Å². The van der Waals surface area contributed by atoms with Gasteiger partial charge in [0.1, 0.15) is 0 Å². The van der Waals surface area contributed by atoms with Gasteiger partial charge in [-0.2, -0.15) is 0 Å². The van der Waals surface area contributed by atoms with Gasteiger partial charge in [0.15, 0.2) is 0 Å². The van der Waals surface area contributed by atoms with Crippen molar-refractivity contribution in [2.45, 2.75) is 27.7 Å². The van der Waals surface area contributed by atoms with Gasteiger partial charge in [0.2, 0.25) is 0 Å². The van der Waals surface area contributed by atoms with E-state index in [0.29, 0.717) is 0 Å². The predicted octanol–water partition coefficient (Wildman–Crippen LogP) is 12.7. The highest BCUT2D eigenvalue weighted by molar-refractivity contribution is 7.16. The SMILES string of the molecule is Cc1ccc(-c2cc(-c3ccc(C)s3)c3ccc4c(-c5ccc(C)s5)cc(-c5ccc(C)s5)c5ccc2c3c54)s1. The Morgan fingerprint density at radius 1 is 0.325 bits per heavy atom. The van der Waals surface area contributed by atoms with E-state index in [-0.39, 0.29) is 0 Å². The molecule has 8 rings (SSSR count). The van der Waals surface area contributed by atoms with Gasteiger partial charge in [-0.1, -0.05) is 24.3 Å². The summed E-state index contributed by atoms with van der Waals surface area (Å²) in [6, 6.07) is 32.7. The van der Waals surface area contributed by atoms with Gasteiger partial charge >= 0.3 is 0 Å². The largest absolute Gasteiger partial charge is 0.141 e. The van der Waals surface area contributed by atoms with Crippen LogP contribution in [0.4, 0.5) is 0 Å². The average Bonchev–Trinajstić information content (AvgIpc) is 3.76. The van der Waals surface area contributed by atoms with Gasteiger partial charge in [-0.25, -0.2) is 0 Å². The third-order valence-corrected chi connectivity index (χ3v) is 12.1. The summed E-state index contributed by atoms with van der Waals surface area (Å²) < 4.78 is 0. The van der Waals surface area contributed by atoms with E-state index in [0.717, 1.165) is 0 Å². The molecule has 4 aromatic heterocycles. The molecule has 4 heteroatoms. The second kappa shape index (κ2) is 9.12. The lowest BCUT2D eigenvalue weighted by molar-refractivity contribution is 1.64. The van der Waals surface area contributed by atoms with Crippen molar-refractivity contribution in [3.63, 3.8) is 0 Å². The second-order valence-electron chi connectivity index (χ2n) is 10.7. The summed E-state index contributed by atoms with van der Waals surface area (Å²) in [5.41, 5.74) is 5.36. The number of thiophene rings is 4. The molecule has 0 spiro atoms. The summed E-state index contributed by atoms with van der Waals surface area (Å²) in [5, 5.41) is 8.17. The molecule has 0 aliphatic rings. The lowest BCUT2D eigenvalue weighted by Gasteiger charge is -2.20. The molecule has 40 heavy (non-hydrogen) atoms. The van der Waals surface area contributed by atoms with Crippen LogP contribution in [0.3, 0.4) is 0 Å². The molecule has 0 aliphatic carbocycles. The van der Waals surface area contributed by atoms with E-state index in [1.807, 2.05) is 45.3 Å². The van der Waals surface area contributed by atoms with Crippen LogP contribution < -0.4 is 0 Å². The summed E-state index contributed by atoms with van der Waals surface area (Å²) in [4.78, 5) is 10.8. The van der Waals surface area contributed by atoms with Crippen molar-refractivity contribution in [3.05, 3.63) is 104 Å². The summed E-state index contributed by atoms with van der Waals surface area (Å²) in [6.07, 6.45) is 0. The molecule has 0 atom stereocenters. The van der Waals surface area contributed by atoms with Gasteiger partial charge in [-0.15, -0.1) is 45.3 Å². The Morgan fingerprint density at radius 3 is 0.775 bits per heavy atom. The van der Waals surface area contributed by atoms with E-state index in [4.69, 9.17) is 0 Å². The Kier molecular flexibility index (Phi) is 5.59. The molecular weight excluding hydrogens is 561 g/mol. The first-order valence-corrected chi connectivity index (χ1v) is 16.8. The van der Waals surface area contributed by atoms with Crippen molar-refractivity contribution in [2.24, 2.45) is 0 Å². The van der Waals surface area contributed by atoms with Crippen LogP contribution in [0.1, 0.15) is 19.5 Å². The van der Waals surface area contributed by atoms with Gasteiger partial charge in [0.05, 0.1) is 0 Å². The Hall–Kier alpha value is -3.28. The number of benzene rings is 4. The van der Waals surface area contributed by atoms with E-state index in [1.165, 1.54) is 93.6 Å². The lowest BCUT2D eigenvalue weighted by atomic mass is 9.85. The van der Waals surface area contributed by atoms with E-state index < -0.39 is 0 Å². The fourth-order valence-corrected chi connectivity index (χ4v) is 9.72. The van der Waals surface area contributed by atoms with E-state index in [2.05, 4.69) is 113 Å². The topological polar surface area (TPSA) is 0 Å². The van der Waals surface area contributed by atoms with Crippen molar-refractivity contribution in [1.29, 1.82) is 0 Å². The smallest absolute Gasteiger partial charge is 0.0352 e. The zero-order chi connectivity index (χ0) is 27.1. The van der Waals surface area contributed by atoms with E-state index >= 15 is 0 Å². The van der Waals surface area contributed by atoms with Crippen molar-refractivity contribution >= 4 is 77.7 Å². The molecule has 0 N–H and O–H groups in total. The fraction of sp³-hybridized carbons (Fsp3) is 0.111. The summed E-state index contributed by atoms with van der Waals surface area (Å²) in [5.74, 6) is 0. The Balaban J connectivity index is 1.59. The Bertz CT molecular complexity index is 1900. The molecule has 8 aromatic rings. The zero-order valence-corrected chi connectivity index (χ0v) is 26.0. The van der Waals surface area contributed by atoms with Crippen LogP contribution >= 0.6 is 45.3 Å². The minimum absolute atomic E-state index is 1.34. The quantitative estimate of drug-likeness (QED) is 0.180. The molecule has 0 fully saturated rings. The molecule has 0 nitrogen and oxygen atoms in total. The standard InChI is InChI=1S/C36H26S4/c1-19-5-13-31(37-19)27-17-28(32-14-6-20(2)38-32)24-11-12-26-30(34-16-8-22(4)40-34)18-29(33-15-7-21(3)39-33)25-10-9-23(27)35(24)36(25)26/h5-18H,1-4H3. The minimum Gasteiger partial charge on any atom is -0.141 e. The first-order valence-electron chi connectivity index (χ1n) is 13.5. The Labute approximate surface area is 250 Å². The number of hydrogen-bond donors (Lipinski definition) is 0. The predicted molar refractivity (Wildman–Crippen MR) is 182 cm³/mol. The summed E-state index contributed by atoms with van der Waals surface area (Å²) in [7, 11) is 0. The first-order chi connectivity index (χ1) is 19.4. The molecule has 0 amide bonds. The molecule has 0 aliphatic heterocycles. The molecule has 4 aromatic carbocycles. The van der Waals surface area contributed by atoms with E-state index in [1.54, 1.807) is 0 Å². The first kappa shape index (κ1) is 24.5. The van der Waals surface area contributed by atoms with E-state index in [9.17, 15) is 0 Å². The highest BCUT2D eigenvalue weighted by Gasteiger charge is 2.22. The van der Waals surface area contributed by atoms with Crippen LogP contribution in [-0.2, 0) is 0 Å². The highest BCUT2D eigenvalue weighted by atomic mass is 32.1. The second-order valence-corrected chi connectivity index (χ2v) is 15.8. The van der Waals surface area contributed by atoms with Crippen LogP contribution in [-0.4, -0.2) is 0 Å². The van der Waals surface area contributed by atoms with Gasteiger partial charge in [-0.05, 0) is 121 Å². The summed E-state index contributed by atoms with van der Waals surface area (Å²) in [6.45, 7) is 8.83.